The Hall–Kier alpha value is -1.78. The van der Waals surface area contributed by atoms with Crippen LogP contribution in [0.5, 0.6) is 0 Å². The van der Waals surface area contributed by atoms with E-state index in [9.17, 15) is 9.90 Å². The van der Waals surface area contributed by atoms with Crippen LogP contribution < -0.4 is 0 Å². The van der Waals surface area contributed by atoms with Crippen LogP contribution in [0, 0.1) is 0 Å². The van der Waals surface area contributed by atoms with E-state index in [1.165, 1.54) is 23.5 Å². The number of fused-ring (bicyclic) bond motifs is 1. The van der Waals surface area contributed by atoms with E-state index in [-0.39, 0.29) is 5.78 Å². The van der Waals surface area contributed by atoms with E-state index >= 15 is 0 Å². The van der Waals surface area contributed by atoms with Gasteiger partial charge in [-0.25, -0.2) is 4.98 Å². The quantitative estimate of drug-likeness (QED) is 0.835. The SMILES string of the molecule is O=C1C=CC(O)C=C1c1nc2ccccc2s1. The maximum Gasteiger partial charge on any atom is 0.188 e. The van der Waals surface area contributed by atoms with Crippen molar-refractivity contribution in [1.82, 2.24) is 4.98 Å². The molecule has 4 heteroatoms. The molecule has 2 aromatic rings. The van der Waals surface area contributed by atoms with Crippen molar-refractivity contribution >= 4 is 32.9 Å². The standard InChI is InChI=1S/C13H9NO2S/c15-8-5-6-11(16)9(7-8)13-14-10-3-1-2-4-12(10)17-13/h1-8,15H. The Morgan fingerprint density at radius 3 is 2.94 bits per heavy atom. The monoisotopic (exact) mass is 243 g/mol. The summed E-state index contributed by atoms with van der Waals surface area (Å²) in [6.07, 6.45) is 3.71. The number of carbonyl (C=O) groups is 1. The average Bonchev–Trinajstić information content (AvgIpc) is 2.75. The van der Waals surface area contributed by atoms with Gasteiger partial charge in [0.1, 0.15) is 5.01 Å². The van der Waals surface area contributed by atoms with Gasteiger partial charge in [0.25, 0.3) is 0 Å². The van der Waals surface area contributed by atoms with Crippen molar-refractivity contribution in [2.45, 2.75) is 6.10 Å². The van der Waals surface area contributed by atoms with E-state index in [4.69, 9.17) is 0 Å². The summed E-state index contributed by atoms with van der Waals surface area (Å²) in [5.41, 5.74) is 1.37. The van der Waals surface area contributed by atoms with Crippen LogP contribution >= 0.6 is 11.3 Å². The minimum Gasteiger partial charge on any atom is -0.385 e. The number of allylic oxidation sites excluding steroid dienone is 2. The number of aromatic nitrogens is 1. The van der Waals surface area contributed by atoms with Crippen molar-refractivity contribution in [3.05, 3.63) is 47.5 Å². The zero-order chi connectivity index (χ0) is 11.8. The number of aliphatic hydroxyl groups excluding tert-OH is 1. The number of carbonyl (C=O) groups excluding carboxylic acids is 1. The lowest BCUT2D eigenvalue weighted by Crippen LogP contribution is -2.10. The second-order valence-corrected chi connectivity index (χ2v) is 4.81. The van der Waals surface area contributed by atoms with Crippen molar-refractivity contribution in [1.29, 1.82) is 0 Å². The summed E-state index contributed by atoms with van der Waals surface area (Å²) < 4.78 is 1.04. The van der Waals surface area contributed by atoms with E-state index in [0.29, 0.717) is 10.6 Å². The Morgan fingerprint density at radius 2 is 2.12 bits per heavy atom. The molecule has 1 N–H and O–H groups in total. The Kier molecular flexibility index (Phi) is 2.39. The number of benzene rings is 1. The van der Waals surface area contributed by atoms with Gasteiger partial charge in [0.2, 0.25) is 0 Å². The van der Waals surface area contributed by atoms with E-state index in [1.54, 1.807) is 6.08 Å². The van der Waals surface area contributed by atoms with Crippen molar-refractivity contribution in [3.8, 4) is 0 Å². The second-order valence-electron chi connectivity index (χ2n) is 3.78. The van der Waals surface area contributed by atoms with Crippen LogP contribution in [0.3, 0.4) is 0 Å². The highest BCUT2D eigenvalue weighted by molar-refractivity contribution is 7.19. The molecule has 0 fully saturated rings. The largest absolute Gasteiger partial charge is 0.385 e. The molecular weight excluding hydrogens is 234 g/mol. The third-order valence-electron chi connectivity index (χ3n) is 2.57. The van der Waals surface area contributed by atoms with Crippen LogP contribution in [-0.2, 0) is 4.79 Å². The summed E-state index contributed by atoms with van der Waals surface area (Å²) in [6.45, 7) is 0. The molecule has 0 aliphatic heterocycles. The van der Waals surface area contributed by atoms with Crippen molar-refractivity contribution in [2.75, 3.05) is 0 Å². The van der Waals surface area contributed by atoms with Crippen molar-refractivity contribution in [2.24, 2.45) is 0 Å². The van der Waals surface area contributed by atoms with Gasteiger partial charge in [0, 0.05) is 0 Å². The Labute approximate surface area is 102 Å². The number of ketones is 1. The van der Waals surface area contributed by atoms with Gasteiger partial charge in [0.15, 0.2) is 5.78 Å². The van der Waals surface area contributed by atoms with Gasteiger partial charge in [-0.15, -0.1) is 11.3 Å². The van der Waals surface area contributed by atoms with Gasteiger partial charge >= 0.3 is 0 Å². The number of thiazole rings is 1. The fourth-order valence-corrected chi connectivity index (χ4v) is 2.74. The molecule has 0 spiro atoms. The molecule has 1 atom stereocenters. The zero-order valence-electron chi connectivity index (χ0n) is 8.83. The van der Waals surface area contributed by atoms with Gasteiger partial charge < -0.3 is 5.11 Å². The van der Waals surface area contributed by atoms with E-state index in [0.717, 1.165) is 10.2 Å². The number of hydrogen-bond acceptors (Lipinski definition) is 4. The smallest absolute Gasteiger partial charge is 0.188 e. The number of aliphatic hydroxyl groups is 1. The highest BCUT2D eigenvalue weighted by atomic mass is 32.1. The molecule has 1 unspecified atom stereocenters. The van der Waals surface area contributed by atoms with E-state index < -0.39 is 6.10 Å². The second kappa shape index (κ2) is 3.91. The zero-order valence-corrected chi connectivity index (χ0v) is 9.65. The fourth-order valence-electron chi connectivity index (χ4n) is 1.75. The topological polar surface area (TPSA) is 50.2 Å². The maximum atomic E-state index is 11.7. The molecule has 17 heavy (non-hydrogen) atoms. The first-order chi connectivity index (χ1) is 8.24. The molecule has 1 aliphatic rings. The highest BCUT2D eigenvalue weighted by Gasteiger charge is 2.18. The summed E-state index contributed by atoms with van der Waals surface area (Å²) in [7, 11) is 0. The first-order valence-electron chi connectivity index (χ1n) is 5.22. The lowest BCUT2D eigenvalue weighted by Gasteiger charge is -2.07. The number of para-hydroxylation sites is 1. The van der Waals surface area contributed by atoms with Gasteiger partial charge in [-0.3, -0.25) is 4.79 Å². The van der Waals surface area contributed by atoms with Gasteiger partial charge in [-0.1, -0.05) is 12.1 Å². The lowest BCUT2D eigenvalue weighted by molar-refractivity contribution is -0.109. The summed E-state index contributed by atoms with van der Waals surface area (Å²) in [6, 6.07) is 7.74. The minimum absolute atomic E-state index is 0.102. The molecule has 1 aromatic heterocycles. The molecule has 3 nitrogen and oxygen atoms in total. The molecule has 1 aliphatic carbocycles. The maximum absolute atomic E-state index is 11.7. The van der Waals surface area contributed by atoms with Gasteiger partial charge in [-0.05, 0) is 30.4 Å². The normalized spacial score (nSPS) is 19.7. The molecule has 0 bridgehead atoms. The third-order valence-corrected chi connectivity index (χ3v) is 3.64. The molecule has 0 saturated carbocycles. The molecule has 1 aromatic carbocycles. The van der Waals surface area contributed by atoms with Gasteiger partial charge in [0.05, 0.1) is 21.9 Å². The predicted molar refractivity (Wildman–Crippen MR) is 67.8 cm³/mol. The van der Waals surface area contributed by atoms with Crippen LogP contribution in [0.4, 0.5) is 0 Å². The molecule has 0 amide bonds. The first kappa shape index (κ1) is 10.4. The van der Waals surface area contributed by atoms with Gasteiger partial charge in [-0.2, -0.15) is 0 Å². The Morgan fingerprint density at radius 1 is 1.29 bits per heavy atom. The summed E-state index contributed by atoms with van der Waals surface area (Å²) in [4.78, 5) is 16.1. The average molecular weight is 243 g/mol. The lowest BCUT2D eigenvalue weighted by atomic mass is 10.0. The molecule has 3 rings (SSSR count). The predicted octanol–water partition coefficient (Wildman–Crippen LogP) is 2.18. The van der Waals surface area contributed by atoms with Crippen LogP contribution in [0.15, 0.2) is 42.5 Å². The first-order valence-corrected chi connectivity index (χ1v) is 6.04. The fraction of sp³-hybridized carbons (Fsp3) is 0.0769. The summed E-state index contributed by atoms with van der Waals surface area (Å²) >= 11 is 1.46. The van der Waals surface area contributed by atoms with E-state index in [2.05, 4.69) is 4.98 Å². The number of hydrogen-bond donors (Lipinski definition) is 1. The molecule has 0 saturated heterocycles. The molecule has 0 radical (unpaired) electrons. The highest BCUT2D eigenvalue weighted by Crippen LogP contribution is 2.29. The summed E-state index contributed by atoms with van der Waals surface area (Å²) in [5, 5.41) is 10.2. The van der Waals surface area contributed by atoms with Crippen LogP contribution in [0.2, 0.25) is 0 Å². The van der Waals surface area contributed by atoms with E-state index in [1.807, 2.05) is 24.3 Å². The molecule has 84 valence electrons. The minimum atomic E-state index is -0.699. The third kappa shape index (κ3) is 1.81. The van der Waals surface area contributed by atoms with Crippen LogP contribution in [-0.4, -0.2) is 22.0 Å². The van der Waals surface area contributed by atoms with Crippen LogP contribution in [0.1, 0.15) is 5.01 Å². The Balaban J connectivity index is 2.12. The summed E-state index contributed by atoms with van der Waals surface area (Å²) in [5.74, 6) is -0.102. The van der Waals surface area contributed by atoms with Crippen molar-refractivity contribution in [3.63, 3.8) is 0 Å². The van der Waals surface area contributed by atoms with Crippen LogP contribution in [0.25, 0.3) is 15.8 Å². The number of rotatable bonds is 1. The van der Waals surface area contributed by atoms with Crippen molar-refractivity contribution < 1.29 is 9.90 Å². The Bertz CT molecular complexity index is 621. The molecular formula is C13H9NO2S. The number of nitrogens with zero attached hydrogens (tertiary/aromatic N) is 1. The molecule has 1 heterocycles.